The zero-order valence-corrected chi connectivity index (χ0v) is 21.0. The SMILES string of the molecule is CCC(C)C(NC(=O)C(NC(=O)C(CC(N)=O)NC(=O)C(N)Cc1ccc(O)cc1)C(C)C)C(=O)O. The molecule has 0 saturated heterocycles. The van der Waals surface area contributed by atoms with E-state index in [1.807, 2.05) is 0 Å². The van der Waals surface area contributed by atoms with Gasteiger partial charge in [0.1, 0.15) is 23.9 Å². The number of aromatic hydroxyl groups is 1. The number of primary amides is 1. The van der Waals surface area contributed by atoms with Crippen LogP contribution in [0.5, 0.6) is 5.75 Å². The van der Waals surface area contributed by atoms with Crippen molar-refractivity contribution in [3.05, 3.63) is 29.8 Å². The average Bonchev–Trinajstić information content (AvgIpc) is 2.80. The minimum atomic E-state index is -1.40. The first-order valence-electron chi connectivity index (χ1n) is 11.7. The number of rotatable bonds is 14. The van der Waals surface area contributed by atoms with Crippen LogP contribution in [-0.4, -0.2) is 64.0 Å². The van der Waals surface area contributed by atoms with Crippen molar-refractivity contribution < 1.29 is 34.2 Å². The van der Waals surface area contributed by atoms with Gasteiger partial charge in [0.2, 0.25) is 23.6 Å². The van der Waals surface area contributed by atoms with E-state index < -0.39 is 66.1 Å². The summed E-state index contributed by atoms with van der Waals surface area (Å²) in [6.07, 6.45) is 0.0634. The summed E-state index contributed by atoms with van der Waals surface area (Å²) < 4.78 is 0. The van der Waals surface area contributed by atoms with Gasteiger partial charge in [-0.1, -0.05) is 46.2 Å². The molecule has 0 aliphatic heterocycles. The number of carbonyl (C=O) groups excluding carboxylic acids is 4. The lowest BCUT2D eigenvalue weighted by Gasteiger charge is -2.28. The largest absolute Gasteiger partial charge is 0.508 e. The van der Waals surface area contributed by atoms with Gasteiger partial charge in [0.05, 0.1) is 12.5 Å². The highest BCUT2D eigenvalue weighted by molar-refractivity contribution is 5.96. The van der Waals surface area contributed by atoms with Crippen molar-refractivity contribution in [3.8, 4) is 5.75 Å². The van der Waals surface area contributed by atoms with Crippen LogP contribution in [0.3, 0.4) is 0 Å². The molecule has 0 aromatic heterocycles. The number of phenols is 1. The van der Waals surface area contributed by atoms with Crippen molar-refractivity contribution in [1.82, 2.24) is 16.0 Å². The topological polar surface area (TPSA) is 214 Å². The lowest BCUT2D eigenvalue weighted by molar-refractivity contribution is -0.144. The zero-order chi connectivity index (χ0) is 27.6. The number of nitrogens with one attached hydrogen (secondary N) is 3. The van der Waals surface area contributed by atoms with Gasteiger partial charge in [0.15, 0.2) is 0 Å². The van der Waals surface area contributed by atoms with E-state index in [-0.39, 0.29) is 18.1 Å². The van der Waals surface area contributed by atoms with Gasteiger partial charge in [-0.3, -0.25) is 19.2 Å². The zero-order valence-electron chi connectivity index (χ0n) is 21.0. The number of benzene rings is 1. The van der Waals surface area contributed by atoms with Crippen LogP contribution in [0.2, 0.25) is 0 Å². The Balaban J connectivity index is 2.96. The van der Waals surface area contributed by atoms with Crippen LogP contribution >= 0.6 is 0 Å². The van der Waals surface area contributed by atoms with Crippen LogP contribution in [0, 0.1) is 11.8 Å². The third-order valence-electron chi connectivity index (χ3n) is 5.79. The van der Waals surface area contributed by atoms with Crippen molar-refractivity contribution in [1.29, 1.82) is 0 Å². The van der Waals surface area contributed by atoms with E-state index in [0.29, 0.717) is 12.0 Å². The molecule has 1 rings (SSSR count). The fraction of sp³-hybridized carbons (Fsp3) is 0.542. The Morgan fingerprint density at radius 1 is 0.889 bits per heavy atom. The van der Waals surface area contributed by atoms with Gasteiger partial charge in [0.25, 0.3) is 0 Å². The highest BCUT2D eigenvalue weighted by Gasteiger charge is 2.33. The molecule has 36 heavy (non-hydrogen) atoms. The predicted octanol–water partition coefficient (Wildman–Crippen LogP) is -0.621. The summed E-state index contributed by atoms with van der Waals surface area (Å²) in [4.78, 5) is 61.6. The molecule has 0 saturated carbocycles. The number of phenolic OH excluding ortho intramolecular Hbond substituents is 1. The van der Waals surface area contributed by atoms with E-state index in [0.717, 1.165) is 0 Å². The molecule has 1 aromatic carbocycles. The molecule has 0 heterocycles. The highest BCUT2D eigenvalue weighted by atomic mass is 16.4. The average molecular weight is 508 g/mol. The lowest BCUT2D eigenvalue weighted by atomic mass is 9.97. The van der Waals surface area contributed by atoms with Gasteiger partial charge in [-0.05, 0) is 36.0 Å². The van der Waals surface area contributed by atoms with Crippen molar-refractivity contribution in [2.45, 2.75) is 71.1 Å². The van der Waals surface area contributed by atoms with Gasteiger partial charge in [0, 0.05) is 0 Å². The fourth-order valence-electron chi connectivity index (χ4n) is 3.38. The molecule has 1 aromatic rings. The quantitative estimate of drug-likeness (QED) is 0.172. The molecule has 200 valence electrons. The smallest absolute Gasteiger partial charge is 0.326 e. The number of hydrogen-bond donors (Lipinski definition) is 7. The van der Waals surface area contributed by atoms with Crippen molar-refractivity contribution >= 4 is 29.6 Å². The standard InChI is InChI=1S/C24H37N5O7/c1-5-13(4)20(24(35)36)29-23(34)19(12(2)3)28-22(33)17(11-18(26)31)27-21(32)16(25)10-14-6-8-15(30)9-7-14/h6-9,12-13,16-17,19-20,30H,5,10-11,25H2,1-4H3,(H2,26,31)(H,27,32)(H,28,33)(H,29,34)(H,35,36). The third-order valence-corrected chi connectivity index (χ3v) is 5.79. The first-order valence-corrected chi connectivity index (χ1v) is 11.7. The molecular formula is C24H37N5O7. The molecule has 5 atom stereocenters. The van der Waals surface area contributed by atoms with E-state index in [2.05, 4.69) is 16.0 Å². The summed E-state index contributed by atoms with van der Waals surface area (Å²) in [6.45, 7) is 6.78. The van der Waals surface area contributed by atoms with E-state index >= 15 is 0 Å². The van der Waals surface area contributed by atoms with Gasteiger partial charge in [-0.15, -0.1) is 0 Å². The first-order chi connectivity index (χ1) is 16.8. The number of carboxylic acids is 1. The summed E-state index contributed by atoms with van der Waals surface area (Å²) in [7, 11) is 0. The maximum atomic E-state index is 13.0. The van der Waals surface area contributed by atoms with Crippen LogP contribution in [0.1, 0.15) is 46.1 Å². The summed E-state index contributed by atoms with van der Waals surface area (Å²) in [5.74, 6) is -5.09. The molecule has 0 aliphatic carbocycles. The van der Waals surface area contributed by atoms with Crippen LogP contribution in [0.15, 0.2) is 24.3 Å². The molecule has 0 spiro atoms. The summed E-state index contributed by atoms with van der Waals surface area (Å²) in [5.41, 5.74) is 11.9. The number of amides is 4. The molecule has 5 unspecified atom stereocenters. The Bertz CT molecular complexity index is 935. The van der Waals surface area contributed by atoms with Crippen molar-refractivity contribution in [2.75, 3.05) is 0 Å². The van der Waals surface area contributed by atoms with Crippen LogP contribution in [0.4, 0.5) is 0 Å². The Kier molecular flexibility index (Phi) is 11.8. The Morgan fingerprint density at radius 2 is 1.44 bits per heavy atom. The minimum absolute atomic E-state index is 0.0533. The minimum Gasteiger partial charge on any atom is -0.508 e. The molecule has 12 heteroatoms. The van der Waals surface area contributed by atoms with Crippen molar-refractivity contribution in [3.63, 3.8) is 0 Å². The third kappa shape index (κ3) is 9.53. The Morgan fingerprint density at radius 3 is 1.92 bits per heavy atom. The predicted molar refractivity (Wildman–Crippen MR) is 131 cm³/mol. The van der Waals surface area contributed by atoms with E-state index in [4.69, 9.17) is 11.5 Å². The molecule has 0 fully saturated rings. The number of aliphatic carboxylic acids is 1. The molecule has 0 aliphatic rings. The molecule has 0 bridgehead atoms. The molecule has 12 nitrogen and oxygen atoms in total. The fourth-order valence-corrected chi connectivity index (χ4v) is 3.38. The second-order valence-corrected chi connectivity index (χ2v) is 9.15. The Hall–Kier alpha value is -3.67. The van der Waals surface area contributed by atoms with Crippen LogP contribution in [0.25, 0.3) is 0 Å². The summed E-state index contributed by atoms with van der Waals surface area (Å²) >= 11 is 0. The summed E-state index contributed by atoms with van der Waals surface area (Å²) in [6, 6.07) is 1.29. The van der Waals surface area contributed by atoms with Crippen molar-refractivity contribution in [2.24, 2.45) is 23.3 Å². The van der Waals surface area contributed by atoms with Gasteiger partial charge in [-0.2, -0.15) is 0 Å². The van der Waals surface area contributed by atoms with Gasteiger partial charge >= 0.3 is 5.97 Å². The normalized spacial score (nSPS) is 15.2. The number of hydrogen-bond acceptors (Lipinski definition) is 7. The Labute approximate surface area is 210 Å². The molecular weight excluding hydrogens is 470 g/mol. The van der Waals surface area contributed by atoms with E-state index in [9.17, 15) is 34.2 Å². The number of carbonyl (C=O) groups is 5. The van der Waals surface area contributed by atoms with E-state index in [1.54, 1.807) is 39.8 Å². The number of carboxylic acid groups (broad SMARTS) is 1. The molecule has 4 amide bonds. The van der Waals surface area contributed by atoms with Gasteiger partial charge in [-0.25, -0.2) is 4.79 Å². The molecule has 9 N–H and O–H groups in total. The highest BCUT2D eigenvalue weighted by Crippen LogP contribution is 2.12. The maximum Gasteiger partial charge on any atom is 0.326 e. The molecule has 0 radical (unpaired) electrons. The van der Waals surface area contributed by atoms with Gasteiger partial charge < -0.3 is 37.6 Å². The monoisotopic (exact) mass is 507 g/mol. The second kappa shape index (κ2) is 14.0. The first kappa shape index (κ1) is 30.4. The second-order valence-electron chi connectivity index (χ2n) is 9.15. The lowest BCUT2D eigenvalue weighted by Crippen LogP contribution is -2.59. The van der Waals surface area contributed by atoms with Crippen LogP contribution < -0.4 is 27.4 Å². The summed E-state index contributed by atoms with van der Waals surface area (Å²) in [5, 5.41) is 26.2. The van der Waals surface area contributed by atoms with E-state index in [1.165, 1.54) is 12.1 Å². The maximum absolute atomic E-state index is 13.0. The number of nitrogens with two attached hydrogens (primary N) is 2. The van der Waals surface area contributed by atoms with Crippen LogP contribution in [-0.2, 0) is 30.4 Å².